The van der Waals surface area contributed by atoms with Crippen LogP contribution in [0.3, 0.4) is 0 Å². The number of amides is 1. The van der Waals surface area contributed by atoms with Crippen molar-refractivity contribution in [2.45, 2.75) is 13.2 Å². The Hall–Kier alpha value is -2.70. The topological polar surface area (TPSA) is 45.7 Å². The van der Waals surface area contributed by atoms with Crippen LogP contribution in [-0.2, 0) is 6.54 Å². The predicted octanol–water partition coefficient (Wildman–Crippen LogP) is 3.02. The van der Waals surface area contributed by atoms with Gasteiger partial charge in [0.2, 0.25) is 0 Å². The molecule has 1 aromatic heterocycles. The Morgan fingerprint density at radius 2 is 1.96 bits per heavy atom. The van der Waals surface area contributed by atoms with Gasteiger partial charge in [0.05, 0.1) is 5.56 Å². The predicted molar refractivity (Wildman–Crippen MR) is 87.4 cm³/mol. The van der Waals surface area contributed by atoms with Crippen LogP contribution in [0.1, 0.15) is 15.9 Å². The van der Waals surface area contributed by atoms with Crippen LogP contribution < -0.4 is 9.64 Å². The lowest BCUT2D eigenvalue weighted by Gasteiger charge is -2.18. The molecule has 0 aliphatic carbocycles. The molecule has 0 aliphatic heterocycles. The normalized spacial score (nSPS) is 10.6. The third-order valence-corrected chi connectivity index (χ3v) is 3.34. The van der Waals surface area contributed by atoms with Crippen molar-refractivity contribution >= 4 is 11.7 Å². The number of alkyl halides is 2. The van der Waals surface area contributed by atoms with Crippen molar-refractivity contribution in [1.29, 1.82) is 0 Å². The van der Waals surface area contributed by atoms with Crippen LogP contribution in [0.25, 0.3) is 0 Å². The first-order valence-electron chi connectivity index (χ1n) is 7.29. The monoisotopic (exact) mass is 335 g/mol. The number of carbonyl (C=O) groups excluding carboxylic acids is 1. The Bertz CT molecular complexity index is 690. The van der Waals surface area contributed by atoms with E-state index >= 15 is 0 Å². The van der Waals surface area contributed by atoms with Gasteiger partial charge >= 0.3 is 6.61 Å². The molecule has 128 valence electrons. The first-order chi connectivity index (χ1) is 11.4. The van der Waals surface area contributed by atoms with Crippen LogP contribution >= 0.6 is 0 Å². The Morgan fingerprint density at radius 3 is 2.54 bits per heavy atom. The first-order valence-corrected chi connectivity index (χ1v) is 7.29. The Labute approximate surface area is 139 Å². The van der Waals surface area contributed by atoms with Gasteiger partial charge in [0, 0.05) is 33.9 Å². The maximum atomic E-state index is 12.4. The summed E-state index contributed by atoms with van der Waals surface area (Å²) >= 11 is 0. The molecule has 0 atom stereocenters. The molecule has 24 heavy (non-hydrogen) atoms. The summed E-state index contributed by atoms with van der Waals surface area (Å²) in [5.41, 5.74) is 1.16. The van der Waals surface area contributed by atoms with Crippen LogP contribution in [0.4, 0.5) is 14.6 Å². The van der Waals surface area contributed by atoms with Gasteiger partial charge in [0.25, 0.3) is 5.91 Å². The van der Waals surface area contributed by atoms with Crippen LogP contribution in [0.15, 0.2) is 42.6 Å². The van der Waals surface area contributed by atoms with Crippen LogP contribution in [0.5, 0.6) is 5.75 Å². The van der Waals surface area contributed by atoms with Gasteiger partial charge in [-0.05, 0) is 29.8 Å². The zero-order chi connectivity index (χ0) is 17.7. The molecule has 0 bridgehead atoms. The Kier molecular flexibility index (Phi) is 5.68. The molecule has 0 radical (unpaired) electrons. The van der Waals surface area contributed by atoms with Crippen molar-refractivity contribution in [3.63, 3.8) is 0 Å². The molecule has 1 heterocycles. The van der Waals surface area contributed by atoms with Gasteiger partial charge in [0.15, 0.2) is 0 Å². The number of pyridine rings is 1. The molecule has 7 heteroatoms. The van der Waals surface area contributed by atoms with Crippen molar-refractivity contribution in [3.05, 3.63) is 53.7 Å². The molecule has 2 aromatic rings. The van der Waals surface area contributed by atoms with Crippen molar-refractivity contribution < 1.29 is 18.3 Å². The molecule has 0 N–H and O–H groups in total. The smallest absolute Gasteiger partial charge is 0.387 e. The molecule has 0 saturated carbocycles. The minimum absolute atomic E-state index is 0.0698. The van der Waals surface area contributed by atoms with Crippen LogP contribution in [0, 0.1) is 0 Å². The van der Waals surface area contributed by atoms with Gasteiger partial charge in [-0.15, -0.1) is 0 Å². The van der Waals surface area contributed by atoms with Gasteiger partial charge in [0.1, 0.15) is 11.6 Å². The number of rotatable bonds is 6. The van der Waals surface area contributed by atoms with Crippen molar-refractivity contribution in [1.82, 2.24) is 9.88 Å². The molecule has 0 saturated heterocycles. The fourth-order valence-corrected chi connectivity index (χ4v) is 2.16. The van der Waals surface area contributed by atoms with Crippen LogP contribution in [-0.4, -0.2) is 43.5 Å². The molecule has 2 rings (SSSR count). The van der Waals surface area contributed by atoms with Crippen LogP contribution in [0.2, 0.25) is 0 Å². The van der Waals surface area contributed by atoms with E-state index in [0.29, 0.717) is 11.1 Å². The minimum atomic E-state index is -2.87. The third-order valence-electron chi connectivity index (χ3n) is 3.34. The number of hydrogen-bond acceptors (Lipinski definition) is 4. The number of nitrogens with zero attached hydrogens (tertiary/aromatic N) is 3. The van der Waals surface area contributed by atoms with E-state index in [-0.39, 0.29) is 18.2 Å². The highest BCUT2D eigenvalue weighted by Gasteiger charge is 2.13. The van der Waals surface area contributed by atoms with Crippen molar-refractivity contribution in [3.8, 4) is 5.75 Å². The summed E-state index contributed by atoms with van der Waals surface area (Å²) in [5.74, 6) is 0.624. The van der Waals surface area contributed by atoms with E-state index in [9.17, 15) is 13.6 Å². The van der Waals surface area contributed by atoms with E-state index in [0.717, 1.165) is 5.82 Å². The standard InChI is InChI=1S/C17H19F2N3O2/c1-21(2)15-8-7-13(10-20-15)16(23)22(3)11-12-5-4-6-14(9-12)24-17(18)19/h4-10,17H,11H2,1-3H3. The number of halogens is 2. The molecule has 1 amide bonds. The number of anilines is 1. The summed E-state index contributed by atoms with van der Waals surface area (Å²) in [6, 6.07) is 9.76. The summed E-state index contributed by atoms with van der Waals surface area (Å²) in [7, 11) is 5.37. The van der Waals surface area contributed by atoms with E-state index in [1.165, 1.54) is 23.2 Å². The maximum absolute atomic E-state index is 12.4. The summed E-state index contributed by atoms with van der Waals surface area (Å²) < 4.78 is 28.9. The van der Waals surface area contributed by atoms with Gasteiger partial charge in [-0.25, -0.2) is 4.98 Å². The SMILES string of the molecule is CN(Cc1cccc(OC(F)F)c1)C(=O)c1ccc(N(C)C)nc1. The van der Waals surface area contributed by atoms with E-state index in [1.54, 1.807) is 31.3 Å². The Morgan fingerprint density at radius 1 is 1.21 bits per heavy atom. The molecule has 0 spiro atoms. The van der Waals surface area contributed by atoms with Gasteiger partial charge in [-0.1, -0.05) is 12.1 Å². The number of ether oxygens (including phenoxy) is 1. The first kappa shape index (κ1) is 17.7. The highest BCUT2D eigenvalue weighted by Crippen LogP contribution is 2.18. The van der Waals surface area contributed by atoms with E-state index in [1.807, 2.05) is 19.0 Å². The van der Waals surface area contributed by atoms with E-state index in [2.05, 4.69) is 9.72 Å². The fourth-order valence-electron chi connectivity index (χ4n) is 2.16. The second-order valence-corrected chi connectivity index (χ2v) is 5.49. The lowest BCUT2D eigenvalue weighted by molar-refractivity contribution is -0.0499. The second-order valence-electron chi connectivity index (χ2n) is 5.49. The lowest BCUT2D eigenvalue weighted by Crippen LogP contribution is -2.26. The largest absolute Gasteiger partial charge is 0.435 e. The lowest BCUT2D eigenvalue weighted by atomic mass is 10.2. The molecule has 0 unspecified atom stereocenters. The quantitative estimate of drug-likeness (QED) is 0.814. The fraction of sp³-hybridized carbons (Fsp3) is 0.294. The second kappa shape index (κ2) is 7.72. The number of aromatic nitrogens is 1. The summed E-state index contributed by atoms with van der Waals surface area (Å²) in [6.45, 7) is -2.60. The van der Waals surface area contributed by atoms with Gasteiger partial charge in [-0.3, -0.25) is 4.79 Å². The molecule has 0 fully saturated rings. The third kappa shape index (κ3) is 4.65. The molecule has 5 nitrogen and oxygen atoms in total. The van der Waals surface area contributed by atoms with E-state index in [4.69, 9.17) is 0 Å². The number of hydrogen-bond donors (Lipinski definition) is 0. The van der Waals surface area contributed by atoms with E-state index < -0.39 is 6.61 Å². The highest BCUT2D eigenvalue weighted by molar-refractivity contribution is 5.93. The van der Waals surface area contributed by atoms with Gasteiger partial charge in [-0.2, -0.15) is 8.78 Å². The maximum Gasteiger partial charge on any atom is 0.387 e. The molecule has 1 aromatic carbocycles. The molecular formula is C17H19F2N3O2. The Balaban J connectivity index is 2.06. The average molecular weight is 335 g/mol. The van der Waals surface area contributed by atoms with Crippen molar-refractivity contribution in [2.75, 3.05) is 26.0 Å². The van der Waals surface area contributed by atoms with Gasteiger partial charge < -0.3 is 14.5 Å². The molecule has 0 aliphatic rings. The highest BCUT2D eigenvalue weighted by atomic mass is 19.3. The number of benzene rings is 1. The van der Waals surface area contributed by atoms with Crippen molar-refractivity contribution in [2.24, 2.45) is 0 Å². The zero-order valence-corrected chi connectivity index (χ0v) is 13.7. The molecular weight excluding hydrogens is 316 g/mol. The summed E-state index contributed by atoms with van der Waals surface area (Å²) in [6.07, 6.45) is 1.52. The number of carbonyl (C=O) groups is 1. The minimum Gasteiger partial charge on any atom is -0.435 e. The zero-order valence-electron chi connectivity index (χ0n) is 13.7. The summed E-state index contributed by atoms with van der Waals surface area (Å²) in [5, 5.41) is 0. The average Bonchev–Trinajstić information content (AvgIpc) is 2.54. The summed E-state index contributed by atoms with van der Waals surface area (Å²) in [4.78, 5) is 20.0.